The number of fused-ring (bicyclic) bond motifs is 1. The molecule has 0 spiro atoms. The van der Waals surface area contributed by atoms with Gasteiger partial charge in [-0.3, -0.25) is 0 Å². The molecule has 1 atom stereocenters. The summed E-state index contributed by atoms with van der Waals surface area (Å²) >= 11 is 0. The molecule has 0 aliphatic carbocycles. The van der Waals surface area contributed by atoms with E-state index in [1.54, 1.807) is 48.5 Å². The van der Waals surface area contributed by atoms with Crippen molar-refractivity contribution < 1.29 is 18.3 Å². The van der Waals surface area contributed by atoms with Gasteiger partial charge in [-0.05, 0) is 17.7 Å². The summed E-state index contributed by atoms with van der Waals surface area (Å²) in [7, 11) is 0. The van der Waals surface area contributed by atoms with Crippen molar-refractivity contribution in [1.29, 1.82) is 0 Å². The molecule has 5 heteroatoms. The molecule has 1 N–H and O–H groups in total. The summed E-state index contributed by atoms with van der Waals surface area (Å²) < 4.78 is 39.8. The minimum absolute atomic E-state index is 0.239. The highest BCUT2D eigenvalue weighted by Crippen LogP contribution is 2.36. The zero-order chi connectivity index (χ0) is 15.7. The van der Waals surface area contributed by atoms with Gasteiger partial charge >= 0.3 is 6.18 Å². The average Bonchev–Trinajstić information content (AvgIpc) is 2.53. The maximum absolute atomic E-state index is 13.3. The quantitative estimate of drug-likeness (QED) is 0.764. The minimum Gasteiger partial charge on any atom is -0.384 e. The van der Waals surface area contributed by atoms with Gasteiger partial charge in [0.15, 0.2) is 5.69 Å². The monoisotopic (exact) mass is 303 g/mol. The highest BCUT2D eigenvalue weighted by Gasteiger charge is 2.37. The molecule has 3 aromatic rings. The predicted octanol–water partition coefficient (Wildman–Crippen LogP) is 4.34. The van der Waals surface area contributed by atoms with Crippen LogP contribution in [0, 0.1) is 0 Å². The second kappa shape index (κ2) is 5.42. The number of nitrogens with zero attached hydrogens (tertiary/aromatic N) is 1. The van der Waals surface area contributed by atoms with Crippen LogP contribution in [0.5, 0.6) is 0 Å². The van der Waals surface area contributed by atoms with Crippen molar-refractivity contribution in [2.45, 2.75) is 12.3 Å². The molecule has 0 fully saturated rings. The van der Waals surface area contributed by atoms with Gasteiger partial charge < -0.3 is 5.11 Å². The summed E-state index contributed by atoms with van der Waals surface area (Å²) in [5, 5.41) is 10.9. The Morgan fingerprint density at radius 1 is 0.909 bits per heavy atom. The number of aromatic nitrogens is 1. The second-order valence-electron chi connectivity index (χ2n) is 4.93. The molecule has 112 valence electrons. The molecule has 3 rings (SSSR count). The summed E-state index contributed by atoms with van der Waals surface area (Å²) in [6, 6.07) is 16.1. The van der Waals surface area contributed by atoms with Gasteiger partial charge in [-0.15, -0.1) is 0 Å². The Morgan fingerprint density at radius 3 is 2.23 bits per heavy atom. The number of aliphatic hydroxyl groups excluding tert-OH is 1. The Hall–Kier alpha value is -2.40. The fraction of sp³-hybridized carbons (Fsp3) is 0.118. The zero-order valence-electron chi connectivity index (χ0n) is 11.4. The number of para-hydroxylation sites is 1. The van der Waals surface area contributed by atoms with Gasteiger partial charge in [-0.25, -0.2) is 4.98 Å². The lowest BCUT2D eigenvalue weighted by Crippen LogP contribution is -2.15. The van der Waals surface area contributed by atoms with Crippen LogP contribution in [0.2, 0.25) is 0 Å². The SMILES string of the molecule is O[C@H](c1ccccc1)c1cc2ccccc2nc1C(F)(F)F. The molecule has 0 saturated carbocycles. The number of alkyl halides is 3. The van der Waals surface area contributed by atoms with Crippen molar-refractivity contribution in [3.8, 4) is 0 Å². The highest BCUT2D eigenvalue weighted by atomic mass is 19.4. The Bertz CT molecular complexity index is 800. The van der Waals surface area contributed by atoms with Crippen LogP contribution < -0.4 is 0 Å². The second-order valence-corrected chi connectivity index (χ2v) is 4.93. The standard InChI is InChI=1S/C17H12F3NO/c18-17(19,20)16-13(15(22)11-6-2-1-3-7-11)10-12-8-4-5-9-14(12)21-16/h1-10,15,22H/t15-/m1/s1. The van der Waals surface area contributed by atoms with E-state index in [-0.39, 0.29) is 11.1 Å². The van der Waals surface area contributed by atoms with Gasteiger partial charge in [0.2, 0.25) is 0 Å². The van der Waals surface area contributed by atoms with E-state index in [4.69, 9.17) is 0 Å². The van der Waals surface area contributed by atoms with Crippen LogP contribution >= 0.6 is 0 Å². The fourth-order valence-electron chi connectivity index (χ4n) is 2.38. The van der Waals surface area contributed by atoms with Crippen molar-refractivity contribution in [3.63, 3.8) is 0 Å². The lowest BCUT2D eigenvalue weighted by Gasteiger charge is -2.18. The molecule has 0 amide bonds. The Balaban J connectivity index is 2.22. The number of rotatable bonds is 2. The molecule has 22 heavy (non-hydrogen) atoms. The number of pyridine rings is 1. The summed E-state index contributed by atoms with van der Waals surface area (Å²) in [5.41, 5.74) is -0.649. The van der Waals surface area contributed by atoms with Crippen LogP contribution in [-0.4, -0.2) is 10.1 Å². The van der Waals surface area contributed by atoms with E-state index in [0.29, 0.717) is 10.9 Å². The molecule has 2 aromatic carbocycles. The molecular weight excluding hydrogens is 291 g/mol. The van der Waals surface area contributed by atoms with Crippen LogP contribution in [0.4, 0.5) is 13.2 Å². The smallest absolute Gasteiger partial charge is 0.384 e. The van der Waals surface area contributed by atoms with E-state index < -0.39 is 18.0 Å². The molecule has 0 radical (unpaired) electrons. The summed E-state index contributed by atoms with van der Waals surface area (Å²) in [5.74, 6) is 0. The summed E-state index contributed by atoms with van der Waals surface area (Å²) in [6.45, 7) is 0. The Morgan fingerprint density at radius 2 is 1.55 bits per heavy atom. The van der Waals surface area contributed by atoms with Crippen LogP contribution in [0.15, 0.2) is 60.7 Å². The first-order chi connectivity index (χ1) is 10.5. The predicted molar refractivity (Wildman–Crippen MR) is 77.2 cm³/mol. The maximum Gasteiger partial charge on any atom is 0.433 e. The van der Waals surface area contributed by atoms with Crippen molar-refractivity contribution in [1.82, 2.24) is 4.98 Å². The molecular formula is C17H12F3NO. The van der Waals surface area contributed by atoms with Crippen LogP contribution in [0.1, 0.15) is 22.9 Å². The summed E-state index contributed by atoms with van der Waals surface area (Å²) in [6.07, 6.45) is -6.01. The normalized spacial score (nSPS) is 13.3. The largest absolute Gasteiger partial charge is 0.433 e. The topological polar surface area (TPSA) is 33.1 Å². The molecule has 0 aliphatic heterocycles. The van der Waals surface area contributed by atoms with E-state index in [1.165, 1.54) is 12.1 Å². The Kier molecular flexibility index (Phi) is 3.58. The van der Waals surface area contributed by atoms with Crippen molar-refractivity contribution >= 4 is 10.9 Å². The third-order valence-electron chi connectivity index (χ3n) is 3.43. The van der Waals surface area contributed by atoms with E-state index in [9.17, 15) is 18.3 Å². The molecule has 1 heterocycles. The average molecular weight is 303 g/mol. The molecule has 0 bridgehead atoms. The molecule has 0 aliphatic rings. The van der Waals surface area contributed by atoms with E-state index in [2.05, 4.69) is 4.98 Å². The van der Waals surface area contributed by atoms with Gasteiger partial charge in [-0.2, -0.15) is 13.2 Å². The van der Waals surface area contributed by atoms with E-state index >= 15 is 0 Å². The van der Waals surface area contributed by atoms with E-state index in [1.807, 2.05) is 0 Å². The van der Waals surface area contributed by atoms with Gasteiger partial charge in [0.1, 0.15) is 6.10 Å². The zero-order valence-corrected chi connectivity index (χ0v) is 11.4. The number of aliphatic hydroxyl groups is 1. The summed E-state index contributed by atoms with van der Waals surface area (Å²) in [4.78, 5) is 3.71. The number of hydrogen-bond donors (Lipinski definition) is 1. The van der Waals surface area contributed by atoms with Crippen molar-refractivity contribution in [2.24, 2.45) is 0 Å². The van der Waals surface area contributed by atoms with Crippen LogP contribution in [0.25, 0.3) is 10.9 Å². The molecule has 0 unspecified atom stereocenters. The highest BCUT2D eigenvalue weighted by molar-refractivity contribution is 5.79. The van der Waals surface area contributed by atoms with Gasteiger partial charge in [-0.1, -0.05) is 48.5 Å². The third kappa shape index (κ3) is 2.67. The number of halogens is 3. The van der Waals surface area contributed by atoms with Crippen LogP contribution in [-0.2, 0) is 6.18 Å². The fourth-order valence-corrected chi connectivity index (χ4v) is 2.38. The molecule has 2 nitrogen and oxygen atoms in total. The maximum atomic E-state index is 13.3. The molecule has 1 aromatic heterocycles. The lowest BCUT2D eigenvalue weighted by atomic mass is 9.98. The third-order valence-corrected chi connectivity index (χ3v) is 3.43. The van der Waals surface area contributed by atoms with E-state index in [0.717, 1.165) is 0 Å². The first-order valence-corrected chi connectivity index (χ1v) is 6.67. The van der Waals surface area contributed by atoms with Crippen molar-refractivity contribution in [2.75, 3.05) is 0 Å². The van der Waals surface area contributed by atoms with Gasteiger partial charge in [0.25, 0.3) is 0 Å². The lowest BCUT2D eigenvalue weighted by molar-refractivity contribution is -0.142. The first kappa shape index (κ1) is 14.5. The number of benzene rings is 2. The van der Waals surface area contributed by atoms with Gasteiger partial charge in [0.05, 0.1) is 5.52 Å². The van der Waals surface area contributed by atoms with Crippen molar-refractivity contribution in [3.05, 3.63) is 77.5 Å². The molecule has 0 saturated heterocycles. The first-order valence-electron chi connectivity index (χ1n) is 6.67. The Labute approximate surface area is 124 Å². The van der Waals surface area contributed by atoms with Gasteiger partial charge in [0, 0.05) is 10.9 Å². The number of hydrogen-bond acceptors (Lipinski definition) is 2. The van der Waals surface area contributed by atoms with Crippen LogP contribution in [0.3, 0.4) is 0 Å². The minimum atomic E-state index is -4.63.